The number of aromatic nitrogens is 2. The number of hydrogen-bond donors (Lipinski definition) is 1. The average Bonchev–Trinajstić information content (AvgIpc) is 3.05. The molecule has 126 valence electrons. The van der Waals surface area contributed by atoms with Crippen molar-refractivity contribution in [3.05, 3.63) is 59.5 Å². The standard InChI is InChI=1S/C19H18N4O2/c1-12(24)22-7-6-15-14(11-22)9-21-10-16(15)19(25)23-8-5-13-3-2-4-17(20)18(13)23/h2-5,8-10H,6-7,11,20H2,1H3. The van der Waals surface area contributed by atoms with Crippen LogP contribution in [-0.4, -0.2) is 32.8 Å². The molecule has 0 aliphatic carbocycles. The largest absolute Gasteiger partial charge is 0.397 e. The molecule has 1 aliphatic heterocycles. The van der Waals surface area contributed by atoms with Gasteiger partial charge in [0.05, 0.1) is 16.8 Å². The summed E-state index contributed by atoms with van der Waals surface area (Å²) >= 11 is 0. The Kier molecular flexibility index (Phi) is 3.53. The average molecular weight is 334 g/mol. The van der Waals surface area contributed by atoms with E-state index in [1.807, 2.05) is 18.2 Å². The quantitative estimate of drug-likeness (QED) is 0.692. The molecule has 0 bridgehead atoms. The van der Waals surface area contributed by atoms with Crippen molar-refractivity contribution in [2.24, 2.45) is 0 Å². The van der Waals surface area contributed by atoms with Gasteiger partial charge in [0.1, 0.15) is 0 Å². The lowest BCUT2D eigenvalue weighted by molar-refractivity contribution is -0.129. The summed E-state index contributed by atoms with van der Waals surface area (Å²) < 4.78 is 1.58. The first-order valence-electron chi connectivity index (χ1n) is 8.18. The highest BCUT2D eigenvalue weighted by Gasteiger charge is 2.24. The minimum Gasteiger partial charge on any atom is -0.397 e. The number of nitrogens with zero attached hydrogens (tertiary/aromatic N) is 3. The zero-order chi connectivity index (χ0) is 17.6. The van der Waals surface area contributed by atoms with Crippen molar-refractivity contribution in [1.82, 2.24) is 14.5 Å². The van der Waals surface area contributed by atoms with Crippen molar-refractivity contribution in [2.45, 2.75) is 19.9 Å². The summed E-state index contributed by atoms with van der Waals surface area (Å²) in [4.78, 5) is 30.8. The van der Waals surface area contributed by atoms with Gasteiger partial charge in [0.2, 0.25) is 5.91 Å². The second-order valence-corrected chi connectivity index (χ2v) is 6.29. The minimum atomic E-state index is -0.145. The van der Waals surface area contributed by atoms with E-state index in [2.05, 4.69) is 4.98 Å². The normalized spacial score (nSPS) is 13.7. The SMILES string of the molecule is CC(=O)N1CCc2c(cncc2C(=O)n2ccc3cccc(N)c32)C1. The number of rotatable bonds is 1. The molecule has 2 aromatic heterocycles. The van der Waals surface area contributed by atoms with Crippen LogP contribution in [0.5, 0.6) is 0 Å². The molecular weight excluding hydrogens is 316 g/mol. The van der Waals surface area contributed by atoms with Gasteiger partial charge in [0, 0.05) is 44.0 Å². The van der Waals surface area contributed by atoms with E-state index in [1.54, 1.807) is 41.0 Å². The minimum absolute atomic E-state index is 0.0338. The third-order valence-corrected chi connectivity index (χ3v) is 4.78. The Balaban J connectivity index is 1.79. The number of nitrogens with two attached hydrogens (primary N) is 1. The zero-order valence-electron chi connectivity index (χ0n) is 13.9. The van der Waals surface area contributed by atoms with Gasteiger partial charge in [-0.15, -0.1) is 0 Å². The van der Waals surface area contributed by atoms with Crippen molar-refractivity contribution < 1.29 is 9.59 Å². The van der Waals surface area contributed by atoms with Crippen LogP contribution in [-0.2, 0) is 17.8 Å². The van der Waals surface area contributed by atoms with Crippen molar-refractivity contribution in [3.8, 4) is 0 Å². The fraction of sp³-hybridized carbons (Fsp3) is 0.211. The van der Waals surface area contributed by atoms with Gasteiger partial charge in [-0.25, -0.2) is 0 Å². The molecule has 1 aromatic carbocycles. The first-order chi connectivity index (χ1) is 12.1. The molecule has 1 aliphatic rings. The van der Waals surface area contributed by atoms with Crippen molar-refractivity contribution in [1.29, 1.82) is 0 Å². The van der Waals surface area contributed by atoms with Gasteiger partial charge in [0.25, 0.3) is 5.91 Å². The predicted octanol–water partition coefficient (Wildman–Crippen LogP) is 2.21. The van der Waals surface area contributed by atoms with Gasteiger partial charge in [-0.3, -0.25) is 19.1 Å². The topological polar surface area (TPSA) is 81.2 Å². The number of fused-ring (bicyclic) bond motifs is 2. The Bertz CT molecular complexity index is 1010. The number of pyridine rings is 1. The molecule has 0 unspecified atom stereocenters. The summed E-state index contributed by atoms with van der Waals surface area (Å²) in [5, 5.41) is 0.925. The van der Waals surface area contributed by atoms with Gasteiger partial charge in [-0.1, -0.05) is 12.1 Å². The molecule has 0 saturated carbocycles. The smallest absolute Gasteiger partial charge is 0.264 e. The predicted molar refractivity (Wildman–Crippen MR) is 95.1 cm³/mol. The Hall–Kier alpha value is -3.15. The second kappa shape index (κ2) is 5.73. The lowest BCUT2D eigenvalue weighted by Crippen LogP contribution is -2.35. The summed E-state index contributed by atoms with van der Waals surface area (Å²) in [6, 6.07) is 7.47. The number of carbonyl (C=O) groups is 2. The number of anilines is 1. The van der Waals surface area contributed by atoms with Crippen LogP contribution < -0.4 is 5.73 Å². The van der Waals surface area contributed by atoms with Crippen molar-refractivity contribution >= 4 is 28.4 Å². The van der Waals surface area contributed by atoms with Crippen LogP contribution in [0.15, 0.2) is 42.9 Å². The summed E-state index contributed by atoms with van der Waals surface area (Å²) in [6.45, 7) is 2.66. The van der Waals surface area contributed by atoms with Crippen LogP contribution in [0, 0.1) is 0 Å². The van der Waals surface area contributed by atoms with Crippen LogP contribution in [0.3, 0.4) is 0 Å². The Morgan fingerprint density at radius 2 is 2.04 bits per heavy atom. The molecule has 0 saturated heterocycles. The highest BCUT2D eigenvalue weighted by molar-refractivity contribution is 6.05. The third-order valence-electron chi connectivity index (χ3n) is 4.78. The molecule has 1 amide bonds. The lowest BCUT2D eigenvalue weighted by atomic mass is 9.96. The van der Waals surface area contributed by atoms with Gasteiger partial charge in [-0.2, -0.15) is 0 Å². The molecule has 3 aromatic rings. The van der Waals surface area contributed by atoms with E-state index in [9.17, 15) is 9.59 Å². The maximum atomic E-state index is 13.1. The van der Waals surface area contributed by atoms with Gasteiger partial charge < -0.3 is 10.6 Å². The van der Waals surface area contributed by atoms with E-state index < -0.39 is 0 Å². The van der Waals surface area contributed by atoms with E-state index in [0.29, 0.717) is 36.3 Å². The molecule has 3 heterocycles. The highest BCUT2D eigenvalue weighted by atomic mass is 16.2. The fourth-order valence-electron chi connectivity index (χ4n) is 3.47. The van der Waals surface area contributed by atoms with Gasteiger partial charge >= 0.3 is 0 Å². The molecule has 2 N–H and O–H groups in total. The first kappa shape index (κ1) is 15.4. The molecule has 0 radical (unpaired) electrons. The third kappa shape index (κ3) is 2.46. The van der Waals surface area contributed by atoms with Crippen molar-refractivity contribution in [2.75, 3.05) is 12.3 Å². The molecule has 25 heavy (non-hydrogen) atoms. The second-order valence-electron chi connectivity index (χ2n) is 6.29. The van der Waals surface area contributed by atoms with E-state index >= 15 is 0 Å². The lowest BCUT2D eigenvalue weighted by Gasteiger charge is -2.28. The van der Waals surface area contributed by atoms with Crippen LogP contribution in [0.4, 0.5) is 5.69 Å². The first-order valence-corrected chi connectivity index (χ1v) is 8.18. The zero-order valence-corrected chi connectivity index (χ0v) is 13.9. The molecule has 0 spiro atoms. The number of nitrogen functional groups attached to an aromatic ring is 1. The maximum Gasteiger partial charge on any atom is 0.264 e. The number of benzene rings is 1. The molecule has 6 nitrogen and oxygen atoms in total. The maximum absolute atomic E-state index is 13.1. The number of carbonyl (C=O) groups excluding carboxylic acids is 2. The van der Waals surface area contributed by atoms with E-state index in [4.69, 9.17) is 5.73 Å². The van der Waals surface area contributed by atoms with Gasteiger partial charge in [0.15, 0.2) is 0 Å². The Labute approximate surface area is 144 Å². The summed E-state index contributed by atoms with van der Waals surface area (Å²) in [5.74, 6) is -0.111. The molecule has 0 atom stereocenters. The number of hydrogen-bond acceptors (Lipinski definition) is 4. The van der Waals surface area contributed by atoms with Crippen LogP contribution in [0.25, 0.3) is 10.9 Å². The van der Waals surface area contributed by atoms with E-state index in [1.165, 1.54) is 0 Å². The summed E-state index contributed by atoms with van der Waals surface area (Å²) in [7, 11) is 0. The molecule has 6 heteroatoms. The Morgan fingerprint density at radius 1 is 1.20 bits per heavy atom. The number of amides is 1. The van der Waals surface area contributed by atoms with Crippen LogP contribution in [0.1, 0.15) is 28.4 Å². The van der Waals surface area contributed by atoms with Crippen molar-refractivity contribution in [3.63, 3.8) is 0 Å². The van der Waals surface area contributed by atoms with Crippen LogP contribution >= 0.6 is 0 Å². The molecule has 4 rings (SSSR count). The van der Waals surface area contributed by atoms with E-state index in [0.717, 1.165) is 16.5 Å². The Morgan fingerprint density at radius 3 is 2.84 bits per heavy atom. The number of para-hydroxylation sites is 1. The summed E-state index contributed by atoms with van der Waals surface area (Å²) in [5.41, 5.74) is 9.82. The van der Waals surface area contributed by atoms with Gasteiger partial charge in [-0.05, 0) is 29.7 Å². The summed E-state index contributed by atoms with van der Waals surface area (Å²) in [6.07, 6.45) is 5.74. The fourth-order valence-corrected chi connectivity index (χ4v) is 3.47. The molecular formula is C19H18N4O2. The molecule has 0 fully saturated rings. The monoisotopic (exact) mass is 334 g/mol. The van der Waals surface area contributed by atoms with E-state index in [-0.39, 0.29) is 11.8 Å². The highest BCUT2D eigenvalue weighted by Crippen LogP contribution is 2.26. The van der Waals surface area contributed by atoms with Crippen LogP contribution in [0.2, 0.25) is 0 Å².